The van der Waals surface area contributed by atoms with Gasteiger partial charge in [-0.2, -0.15) is 10.6 Å². The van der Waals surface area contributed by atoms with Gasteiger partial charge in [-0.15, -0.1) is 0 Å². The van der Waals surface area contributed by atoms with Crippen LogP contribution in [0.2, 0.25) is 0 Å². The topological polar surface area (TPSA) is 79.6 Å². The standard InChI is InChI=1S/C20H13N2O3S.CH4/c23-19-9-5-4-6-16(19)11-10-15-12-17(14-21-13-15)20(24)22-26(25)18-7-2-1-3-8-18;/h1-9,12-14,23H;1H4/q-1;. The zero-order chi connectivity index (χ0) is 18.4. The molecule has 0 bridgehead atoms. The van der Waals surface area contributed by atoms with Crippen molar-refractivity contribution in [2.45, 2.75) is 12.3 Å². The lowest BCUT2D eigenvalue weighted by Crippen LogP contribution is -1.97. The highest BCUT2D eigenvalue weighted by Gasteiger charge is 2.03. The number of phenolic OH excluding ortho intramolecular Hbond substituents is 1. The molecule has 0 saturated heterocycles. The molecule has 0 aliphatic rings. The second-order valence-corrected chi connectivity index (χ2v) is 6.34. The number of hydrogen-bond acceptors (Lipinski definition) is 5. The average Bonchev–Trinajstić information content (AvgIpc) is 2.68. The summed E-state index contributed by atoms with van der Waals surface area (Å²) in [4.78, 5) is 16.6. The smallest absolute Gasteiger partial charge is 0.255 e. The lowest BCUT2D eigenvalue weighted by atomic mass is 10.1. The Morgan fingerprint density at radius 1 is 1.00 bits per heavy atom. The van der Waals surface area contributed by atoms with Crippen molar-refractivity contribution in [3.63, 3.8) is 0 Å². The van der Waals surface area contributed by atoms with E-state index < -0.39 is 16.5 Å². The molecule has 1 heterocycles. The van der Waals surface area contributed by atoms with Crippen LogP contribution in [0.5, 0.6) is 5.75 Å². The van der Waals surface area contributed by atoms with Gasteiger partial charge in [-0.3, -0.25) is 9.78 Å². The first-order chi connectivity index (χ1) is 12.6. The number of rotatable bonds is 2. The van der Waals surface area contributed by atoms with E-state index in [0.29, 0.717) is 16.0 Å². The molecule has 5 nitrogen and oxygen atoms in total. The highest BCUT2D eigenvalue weighted by atomic mass is 32.2. The fourth-order valence-corrected chi connectivity index (χ4v) is 2.81. The van der Waals surface area contributed by atoms with Crippen LogP contribution in [0.15, 0.2) is 82.3 Å². The van der Waals surface area contributed by atoms with E-state index in [9.17, 15) is 14.1 Å². The zero-order valence-electron chi connectivity index (χ0n) is 13.5. The molecule has 1 amide bonds. The SMILES string of the molecule is C.O=C(N=[S-](=O)c1ccccc1)c1cncc(C#Cc2ccccc2O)c1. The summed E-state index contributed by atoms with van der Waals surface area (Å²) in [7, 11) is -1.78. The summed E-state index contributed by atoms with van der Waals surface area (Å²) in [6.07, 6.45) is 2.84. The van der Waals surface area contributed by atoms with E-state index in [0.717, 1.165) is 0 Å². The Hall–Kier alpha value is -3.43. The van der Waals surface area contributed by atoms with E-state index in [-0.39, 0.29) is 18.7 Å². The van der Waals surface area contributed by atoms with Gasteiger partial charge in [0.05, 0.1) is 11.1 Å². The van der Waals surface area contributed by atoms with Crippen LogP contribution < -0.4 is 0 Å². The largest absolute Gasteiger partial charge is 0.507 e. The van der Waals surface area contributed by atoms with Gasteiger partial charge in [-0.25, -0.2) is 0 Å². The summed E-state index contributed by atoms with van der Waals surface area (Å²) in [5.41, 5.74) is 1.15. The fraction of sp³-hybridized carbons (Fsp3) is 0.0476. The molecular formula is C21H17N2O3S-. The van der Waals surface area contributed by atoms with E-state index in [2.05, 4.69) is 21.2 Å². The van der Waals surface area contributed by atoms with Crippen molar-refractivity contribution in [1.29, 1.82) is 0 Å². The molecule has 6 heteroatoms. The minimum Gasteiger partial charge on any atom is -0.507 e. The molecule has 3 aromatic rings. The van der Waals surface area contributed by atoms with Gasteiger partial charge in [-0.05, 0) is 18.2 Å². The molecule has 2 aromatic carbocycles. The van der Waals surface area contributed by atoms with E-state index in [1.54, 1.807) is 54.6 Å². The molecule has 3 rings (SSSR count). The number of amides is 1. The van der Waals surface area contributed by atoms with Crippen LogP contribution in [-0.2, 0) is 14.8 Å². The molecule has 1 N–H and O–H groups in total. The van der Waals surface area contributed by atoms with Crippen molar-refractivity contribution in [1.82, 2.24) is 4.98 Å². The maximum atomic E-state index is 12.2. The molecule has 0 saturated carbocycles. The number of phenols is 1. The summed E-state index contributed by atoms with van der Waals surface area (Å²) in [6, 6.07) is 16.7. The Labute approximate surface area is 159 Å². The lowest BCUT2D eigenvalue weighted by molar-refractivity contribution is 0.100. The van der Waals surface area contributed by atoms with Crippen molar-refractivity contribution in [3.8, 4) is 17.6 Å². The minimum absolute atomic E-state index is 0. The third-order valence-corrected chi connectivity index (χ3v) is 4.35. The lowest BCUT2D eigenvalue weighted by Gasteiger charge is -2.04. The zero-order valence-corrected chi connectivity index (χ0v) is 14.3. The van der Waals surface area contributed by atoms with Crippen molar-refractivity contribution in [3.05, 3.63) is 89.7 Å². The third-order valence-electron chi connectivity index (χ3n) is 3.34. The van der Waals surface area contributed by atoms with Gasteiger partial charge in [0.2, 0.25) is 0 Å². The summed E-state index contributed by atoms with van der Waals surface area (Å²) in [5.74, 6) is 5.10. The fourth-order valence-electron chi connectivity index (χ4n) is 2.06. The minimum atomic E-state index is -1.78. The molecule has 27 heavy (non-hydrogen) atoms. The Kier molecular flexibility index (Phi) is 6.86. The van der Waals surface area contributed by atoms with Crippen molar-refractivity contribution < 1.29 is 14.1 Å². The average molecular weight is 377 g/mol. The van der Waals surface area contributed by atoms with Crippen LogP contribution in [0.4, 0.5) is 0 Å². The Balaban J connectivity index is 0.00000261. The quantitative estimate of drug-likeness (QED) is 0.537. The van der Waals surface area contributed by atoms with Gasteiger partial charge >= 0.3 is 0 Å². The molecule has 0 atom stereocenters. The van der Waals surface area contributed by atoms with Crippen LogP contribution in [0, 0.1) is 11.8 Å². The van der Waals surface area contributed by atoms with Gasteiger partial charge < -0.3 is 13.7 Å². The van der Waals surface area contributed by atoms with Crippen LogP contribution in [-0.4, -0.2) is 16.0 Å². The van der Waals surface area contributed by atoms with Gasteiger partial charge in [-0.1, -0.05) is 66.6 Å². The normalized spacial score (nSPS) is 11.0. The highest BCUT2D eigenvalue weighted by Crippen LogP contribution is 2.14. The predicted molar refractivity (Wildman–Crippen MR) is 105 cm³/mol. The van der Waals surface area contributed by atoms with E-state index in [1.165, 1.54) is 18.5 Å². The Morgan fingerprint density at radius 3 is 2.44 bits per heavy atom. The van der Waals surface area contributed by atoms with Crippen molar-refractivity contribution in [2.24, 2.45) is 4.36 Å². The molecule has 0 aliphatic heterocycles. The molecular weight excluding hydrogens is 360 g/mol. The first-order valence-electron chi connectivity index (χ1n) is 7.61. The molecule has 0 radical (unpaired) electrons. The molecule has 0 fully saturated rings. The maximum Gasteiger partial charge on any atom is 0.255 e. The third kappa shape index (κ3) is 5.27. The number of aromatic hydroxyl groups is 1. The van der Waals surface area contributed by atoms with Gasteiger partial charge in [0.15, 0.2) is 0 Å². The van der Waals surface area contributed by atoms with Crippen LogP contribution in [0.25, 0.3) is 0 Å². The summed E-state index contributed by atoms with van der Waals surface area (Å²) < 4.78 is 15.8. The van der Waals surface area contributed by atoms with E-state index in [1.807, 2.05) is 0 Å². The first-order valence-corrected chi connectivity index (χ1v) is 8.72. The second kappa shape index (κ2) is 9.32. The van der Waals surface area contributed by atoms with Crippen LogP contribution in [0.3, 0.4) is 0 Å². The Morgan fingerprint density at radius 2 is 1.70 bits per heavy atom. The molecule has 0 aliphatic carbocycles. The van der Waals surface area contributed by atoms with Gasteiger partial charge in [0, 0.05) is 18.0 Å². The van der Waals surface area contributed by atoms with Crippen molar-refractivity contribution >= 4 is 16.5 Å². The Bertz CT molecular complexity index is 1090. The number of carbonyl (C=O) groups excluding carboxylic acids is 1. The second-order valence-electron chi connectivity index (χ2n) is 5.19. The number of pyridine rings is 1. The number of carbonyl (C=O) groups is 1. The number of para-hydroxylation sites is 1. The van der Waals surface area contributed by atoms with Gasteiger partial charge in [0.1, 0.15) is 5.75 Å². The first kappa shape index (κ1) is 19.9. The van der Waals surface area contributed by atoms with Crippen LogP contribution >= 0.6 is 0 Å². The molecule has 0 spiro atoms. The number of hydrogen-bond donors (Lipinski definition) is 1. The van der Waals surface area contributed by atoms with Gasteiger partial charge in [0.25, 0.3) is 5.91 Å². The monoisotopic (exact) mass is 377 g/mol. The summed E-state index contributed by atoms with van der Waals surface area (Å²) in [6.45, 7) is 0. The summed E-state index contributed by atoms with van der Waals surface area (Å²) >= 11 is 0. The maximum absolute atomic E-state index is 12.2. The number of benzene rings is 2. The summed E-state index contributed by atoms with van der Waals surface area (Å²) in [5, 5.41) is 9.72. The number of aromatic nitrogens is 1. The molecule has 136 valence electrons. The predicted octanol–water partition coefficient (Wildman–Crippen LogP) is 4.17. The number of nitrogens with zero attached hydrogens (tertiary/aromatic N) is 2. The highest BCUT2D eigenvalue weighted by molar-refractivity contribution is 7.75. The van der Waals surface area contributed by atoms with E-state index in [4.69, 9.17) is 0 Å². The van der Waals surface area contributed by atoms with E-state index >= 15 is 0 Å². The molecule has 1 aromatic heterocycles. The molecule has 0 unspecified atom stereocenters. The van der Waals surface area contributed by atoms with Crippen LogP contribution in [0.1, 0.15) is 28.9 Å². The van der Waals surface area contributed by atoms with Crippen molar-refractivity contribution in [2.75, 3.05) is 0 Å².